The van der Waals surface area contributed by atoms with Crippen molar-refractivity contribution in [2.75, 3.05) is 7.11 Å². The predicted molar refractivity (Wildman–Crippen MR) is 109 cm³/mol. The van der Waals surface area contributed by atoms with E-state index in [9.17, 15) is 4.79 Å². The van der Waals surface area contributed by atoms with E-state index in [-0.39, 0.29) is 17.7 Å². The predicted octanol–water partition coefficient (Wildman–Crippen LogP) is 4.67. The minimum atomic E-state index is -0.0923. The van der Waals surface area contributed by atoms with Crippen LogP contribution in [-0.4, -0.2) is 18.0 Å². The lowest BCUT2D eigenvalue weighted by Crippen LogP contribution is -2.34. The number of carbonyl (C=O) groups is 1. The highest BCUT2D eigenvalue weighted by Crippen LogP contribution is 2.38. The Morgan fingerprint density at radius 2 is 1.93 bits per heavy atom. The highest BCUT2D eigenvalue weighted by Gasteiger charge is 2.32. The number of amides is 1. The molecule has 1 heterocycles. The van der Waals surface area contributed by atoms with E-state index in [1.165, 1.54) is 4.70 Å². The molecule has 1 N–H and O–H groups in total. The summed E-state index contributed by atoms with van der Waals surface area (Å²) in [6.07, 6.45) is 5.88. The molecule has 0 spiro atoms. The number of fused-ring (bicyclic) bond motifs is 1. The first kappa shape index (κ1) is 17.7. The number of aromatic nitrogens is 1. The third kappa shape index (κ3) is 3.74. The number of hydrogen-bond acceptors (Lipinski definition) is 4. The Labute approximate surface area is 162 Å². The van der Waals surface area contributed by atoms with Crippen molar-refractivity contribution in [1.82, 2.24) is 10.3 Å². The van der Waals surface area contributed by atoms with Crippen molar-refractivity contribution in [3.8, 4) is 5.75 Å². The summed E-state index contributed by atoms with van der Waals surface area (Å²) in [5.41, 5.74) is 2.00. The zero-order valence-corrected chi connectivity index (χ0v) is 16.0. The standard InChI is InChI=1S/C22H22N2O2S/c1-26-19-12-6-2-8-15(19)14-23-21(25)16-9-3-4-10-17(16)22-24-18-11-5-7-13-20(18)27-22/h2-8,11-13,16-17H,9-10,14H2,1H3,(H,23,25). The van der Waals surface area contributed by atoms with Crippen molar-refractivity contribution in [2.45, 2.75) is 25.3 Å². The second-order valence-electron chi connectivity index (χ2n) is 6.71. The maximum absolute atomic E-state index is 13.0. The molecular formula is C22H22N2O2S. The molecule has 2 unspecified atom stereocenters. The number of carbonyl (C=O) groups excluding carboxylic acids is 1. The van der Waals surface area contributed by atoms with Crippen molar-refractivity contribution in [3.05, 3.63) is 71.3 Å². The van der Waals surface area contributed by atoms with Crippen molar-refractivity contribution in [3.63, 3.8) is 0 Å². The Morgan fingerprint density at radius 3 is 2.78 bits per heavy atom. The minimum absolute atomic E-state index is 0.0783. The van der Waals surface area contributed by atoms with Gasteiger partial charge in [0.1, 0.15) is 5.75 Å². The first-order valence-corrected chi connectivity index (χ1v) is 9.98. The second-order valence-corrected chi connectivity index (χ2v) is 7.77. The summed E-state index contributed by atoms with van der Waals surface area (Å²) in [6.45, 7) is 0.468. The van der Waals surface area contributed by atoms with Crippen molar-refractivity contribution in [2.24, 2.45) is 5.92 Å². The molecule has 4 nitrogen and oxygen atoms in total. The number of hydrogen-bond donors (Lipinski definition) is 1. The molecule has 1 aromatic heterocycles. The van der Waals surface area contributed by atoms with E-state index < -0.39 is 0 Å². The smallest absolute Gasteiger partial charge is 0.224 e. The number of methoxy groups -OCH3 is 1. The molecule has 0 fully saturated rings. The van der Waals surface area contributed by atoms with Crippen LogP contribution in [0.25, 0.3) is 10.2 Å². The Bertz CT molecular complexity index is 946. The molecule has 1 amide bonds. The summed E-state index contributed by atoms with van der Waals surface area (Å²) in [7, 11) is 1.65. The maximum Gasteiger partial charge on any atom is 0.224 e. The molecule has 4 rings (SSSR count). The van der Waals surface area contributed by atoms with Gasteiger partial charge >= 0.3 is 0 Å². The molecule has 2 atom stereocenters. The van der Waals surface area contributed by atoms with Crippen LogP contribution in [-0.2, 0) is 11.3 Å². The number of rotatable bonds is 5. The maximum atomic E-state index is 13.0. The molecule has 5 heteroatoms. The third-order valence-corrected chi connectivity index (χ3v) is 6.21. The van der Waals surface area contributed by atoms with Crippen LogP contribution in [0.4, 0.5) is 0 Å². The lowest BCUT2D eigenvalue weighted by Gasteiger charge is -2.26. The van der Waals surface area contributed by atoms with Crippen LogP contribution in [0, 0.1) is 5.92 Å². The fraction of sp³-hybridized carbons (Fsp3) is 0.273. The van der Waals surface area contributed by atoms with E-state index in [0.29, 0.717) is 6.54 Å². The second kappa shape index (κ2) is 7.92. The van der Waals surface area contributed by atoms with Gasteiger partial charge in [-0.1, -0.05) is 42.5 Å². The summed E-state index contributed by atoms with van der Waals surface area (Å²) in [5.74, 6) is 0.911. The molecule has 2 aromatic carbocycles. The van der Waals surface area contributed by atoms with Crippen molar-refractivity contribution >= 4 is 27.5 Å². The van der Waals surface area contributed by atoms with E-state index in [1.807, 2.05) is 42.5 Å². The molecule has 3 aromatic rings. The van der Waals surface area contributed by atoms with Gasteiger partial charge in [-0.15, -0.1) is 11.3 Å². The largest absolute Gasteiger partial charge is 0.496 e. The number of para-hydroxylation sites is 2. The first-order chi connectivity index (χ1) is 13.3. The summed E-state index contributed by atoms with van der Waals surface area (Å²) < 4.78 is 6.55. The molecule has 0 radical (unpaired) electrons. The zero-order chi connectivity index (χ0) is 18.6. The van der Waals surface area contributed by atoms with Gasteiger partial charge in [-0.3, -0.25) is 4.79 Å². The minimum Gasteiger partial charge on any atom is -0.496 e. The van der Waals surface area contributed by atoms with E-state index in [0.717, 1.165) is 34.7 Å². The van der Waals surface area contributed by atoms with E-state index >= 15 is 0 Å². The van der Waals surface area contributed by atoms with Gasteiger partial charge in [-0.2, -0.15) is 0 Å². The Balaban J connectivity index is 1.51. The zero-order valence-electron chi connectivity index (χ0n) is 15.2. The lowest BCUT2D eigenvalue weighted by atomic mass is 9.82. The highest BCUT2D eigenvalue weighted by molar-refractivity contribution is 7.18. The molecule has 27 heavy (non-hydrogen) atoms. The number of ether oxygens (including phenoxy) is 1. The van der Waals surface area contributed by atoms with Crippen LogP contribution in [0.5, 0.6) is 5.75 Å². The topological polar surface area (TPSA) is 51.2 Å². The van der Waals surface area contributed by atoms with Gasteiger partial charge in [-0.05, 0) is 31.0 Å². The highest BCUT2D eigenvalue weighted by atomic mass is 32.1. The van der Waals surface area contributed by atoms with E-state index in [4.69, 9.17) is 9.72 Å². The van der Waals surface area contributed by atoms with Gasteiger partial charge in [-0.25, -0.2) is 4.98 Å². The molecule has 138 valence electrons. The fourth-order valence-electron chi connectivity index (χ4n) is 3.59. The SMILES string of the molecule is COc1ccccc1CNC(=O)C1CC=CCC1c1nc2ccccc2s1. The first-order valence-electron chi connectivity index (χ1n) is 9.16. The number of allylic oxidation sites excluding steroid dienone is 2. The molecule has 0 saturated carbocycles. The van der Waals surface area contributed by atoms with Crippen LogP contribution >= 0.6 is 11.3 Å². The number of thiazole rings is 1. The lowest BCUT2D eigenvalue weighted by molar-refractivity contribution is -0.125. The van der Waals surface area contributed by atoms with Crippen LogP contribution < -0.4 is 10.1 Å². The van der Waals surface area contributed by atoms with Gasteiger partial charge in [0.05, 0.1) is 28.3 Å². The quantitative estimate of drug-likeness (QED) is 0.656. The van der Waals surface area contributed by atoms with Crippen molar-refractivity contribution < 1.29 is 9.53 Å². The average Bonchev–Trinajstić information content (AvgIpc) is 3.16. The molecule has 1 aliphatic rings. The normalized spacial score (nSPS) is 19.1. The Morgan fingerprint density at radius 1 is 1.15 bits per heavy atom. The van der Waals surface area contributed by atoms with Crippen LogP contribution in [0.1, 0.15) is 29.3 Å². The van der Waals surface area contributed by atoms with Gasteiger partial charge in [0, 0.05) is 18.0 Å². The van der Waals surface area contributed by atoms with Gasteiger partial charge in [0.15, 0.2) is 0 Å². The number of nitrogens with zero attached hydrogens (tertiary/aromatic N) is 1. The van der Waals surface area contributed by atoms with Crippen molar-refractivity contribution in [1.29, 1.82) is 0 Å². The van der Waals surface area contributed by atoms with E-state index in [2.05, 4.69) is 23.5 Å². The van der Waals surface area contributed by atoms with Crippen LogP contribution in [0.15, 0.2) is 60.7 Å². The molecule has 0 saturated heterocycles. The summed E-state index contributed by atoms with van der Waals surface area (Å²) in [5, 5.41) is 4.15. The third-order valence-electron chi connectivity index (χ3n) is 5.04. The fourth-order valence-corrected chi connectivity index (χ4v) is 4.73. The summed E-state index contributed by atoms with van der Waals surface area (Å²) in [4.78, 5) is 17.8. The molecule has 0 aliphatic heterocycles. The molecule has 0 bridgehead atoms. The number of nitrogens with one attached hydrogen (secondary N) is 1. The van der Waals surface area contributed by atoms with Gasteiger partial charge in [0.25, 0.3) is 0 Å². The summed E-state index contributed by atoms with van der Waals surface area (Å²) in [6, 6.07) is 15.9. The van der Waals surface area contributed by atoms with Crippen LogP contribution in [0.2, 0.25) is 0 Å². The Kier molecular flexibility index (Phi) is 5.21. The average molecular weight is 378 g/mol. The monoisotopic (exact) mass is 378 g/mol. The summed E-state index contributed by atoms with van der Waals surface area (Å²) >= 11 is 1.70. The number of benzene rings is 2. The Hall–Kier alpha value is -2.66. The van der Waals surface area contributed by atoms with E-state index in [1.54, 1.807) is 18.4 Å². The molecular weight excluding hydrogens is 356 g/mol. The van der Waals surface area contributed by atoms with Gasteiger partial charge < -0.3 is 10.1 Å². The molecule has 1 aliphatic carbocycles. The van der Waals surface area contributed by atoms with Gasteiger partial charge in [0.2, 0.25) is 5.91 Å². The van der Waals surface area contributed by atoms with Crippen LogP contribution in [0.3, 0.4) is 0 Å².